The van der Waals surface area contributed by atoms with Crippen LogP contribution in [0.1, 0.15) is 12.5 Å². The summed E-state index contributed by atoms with van der Waals surface area (Å²) in [5.74, 6) is 0.848. The molecule has 35 heavy (non-hydrogen) atoms. The van der Waals surface area contributed by atoms with Gasteiger partial charge in [-0.3, -0.25) is 19.2 Å². The lowest BCUT2D eigenvalue weighted by atomic mass is 10.2. The van der Waals surface area contributed by atoms with Crippen LogP contribution in [0, 0.1) is 0 Å². The molecule has 7 nitrogen and oxygen atoms in total. The monoisotopic (exact) mass is 484 g/mol. The molecule has 1 amide bonds. The van der Waals surface area contributed by atoms with Gasteiger partial charge in [-0.1, -0.05) is 60.3 Å². The predicted octanol–water partition coefficient (Wildman–Crippen LogP) is 4.15. The molecule has 0 spiro atoms. The van der Waals surface area contributed by atoms with Crippen LogP contribution in [-0.2, 0) is 11.3 Å². The van der Waals surface area contributed by atoms with Crippen LogP contribution in [0.25, 0.3) is 17.1 Å². The average Bonchev–Trinajstić information content (AvgIpc) is 3.33. The number of amides is 1. The Hall–Kier alpha value is -3.49. The van der Waals surface area contributed by atoms with Crippen molar-refractivity contribution in [2.24, 2.45) is 0 Å². The molecular weight excluding hydrogens is 456 g/mol. The van der Waals surface area contributed by atoms with Gasteiger partial charge >= 0.3 is 0 Å². The topological polar surface area (TPSA) is 67.2 Å². The molecule has 1 aliphatic heterocycles. The van der Waals surface area contributed by atoms with Gasteiger partial charge < -0.3 is 4.90 Å². The third-order valence-electron chi connectivity index (χ3n) is 6.13. The Bertz CT molecular complexity index is 1240. The minimum atomic E-state index is -0.274. The van der Waals surface area contributed by atoms with E-state index in [1.54, 1.807) is 12.4 Å². The Morgan fingerprint density at radius 3 is 2.31 bits per heavy atom. The number of carbonyl (C=O) groups is 1. The van der Waals surface area contributed by atoms with Crippen LogP contribution < -0.4 is 0 Å². The zero-order valence-electron chi connectivity index (χ0n) is 19.7. The maximum Gasteiger partial charge on any atom is 0.235 e. The number of para-hydroxylation sites is 1. The Balaban J connectivity index is 1.28. The van der Waals surface area contributed by atoms with Gasteiger partial charge in [0.05, 0.1) is 5.25 Å². The highest BCUT2D eigenvalue weighted by Crippen LogP contribution is 2.30. The second-order valence-corrected chi connectivity index (χ2v) is 9.87. The Labute approximate surface area is 209 Å². The third-order valence-corrected chi connectivity index (χ3v) is 7.16. The molecule has 0 saturated carbocycles. The summed E-state index contributed by atoms with van der Waals surface area (Å²) in [6.07, 6.45) is 3.52. The molecular formula is C27H28N6OS. The summed E-state index contributed by atoms with van der Waals surface area (Å²) < 4.78 is 2.00. The van der Waals surface area contributed by atoms with Crippen molar-refractivity contribution in [1.82, 2.24) is 29.5 Å². The van der Waals surface area contributed by atoms with E-state index in [1.807, 2.05) is 64.9 Å². The summed E-state index contributed by atoms with van der Waals surface area (Å²) in [5.41, 5.74) is 3.14. The van der Waals surface area contributed by atoms with Crippen molar-refractivity contribution in [2.45, 2.75) is 23.9 Å². The lowest BCUT2D eigenvalue weighted by Gasteiger charge is -2.35. The normalized spacial score (nSPS) is 15.2. The average molecular weight is 485 g/mol. The van der Waals surface area contributed by atoms with Crippen molar-refractivity contribution in [3.8, 4) is 17.1 Å². The summed E-state index contributed by atoms with van der Waals surface area (Å²) >= 11 is 1.45. The van der Waals surface area contributed by atoms with E-state index in [9.17, 15) is 4.79 Å². The molecule has 1 aliphatic rings. The third kappa shape index (κ3) is 5.44. The van der Waals surface area contributed by atoms with Crippen LogP contribution in [0.15, 0.2) is 90.3 Å². The number of hydrogen-bond acceptors (Lipinski definition) is 6. The van der Waals surface area contributed by atoms with E-state index in [4.69, 9.17) is 0 Å². The summed E-state index contributed by atoms with van der Waals surface area (Å²) in [6.45, 7) is 6.11. The van der Waals surface area contributed by atoms with Crippen molar-refractivity contribution in [3.63, 3.8) is 0 Å². The van der Waals surface area contributed by atoms with Crippen molar-refractivity contribution >= 4 is 17.7 Å². The molecule has 1 atom stereocenters. The fraction of sp³-hybridized carbons (Fsp3) is 0.259. The minimum absolute atomic E-state index is 0.139. The first-order valence-electron chi connectivity index (χ1n) is 11.8. The number of rotatable bonds is 7. The second kappa shape index (κ2) is 10.8. The van der Waals surface area contributed by atoms with Crippen molar-refractivity contribution in [1.29, 1.82) is 0 Å². The molecule has 0 bridgehead atoms. The van der Waals surface area contributed by atoms with Crippen LogP contribution >= 0.6 is 11.8 Å². The van der Waals surface area contributed by atoms with Gasteiger partial charge in [0.25, 0.3) is 0 Å². The first-order chi connectivity index (χ1) is 17.2. The van der Waals surface area contributed by atoms with Gasteiger partial charge in [-0.05, 0) is 36.8 Å². The SMILES string of the molecule is C[C@H](Sc1nnc(-c2cccnc2)n1-c1ccccc1)C(=O)N1CCN(Cc2ccccc2)CC1. The lowest BCUT2D eigenvalue weighted by Crippen LogP contribution is -2.50. The first kappa shape index (κ1) is 23.3. The standard InChI is InChI=1S/C27H28N6OS/c1-21(26(34)32-17-15-31(16-18-32)20-22-9-4-2-5-10-22)35-27-30-29-25(23-11-8-14-28-19-23)33(27)24-12-6-3-7-13-24/h2-14,19,21H,15-18,20H2,1H3/t21-/m0/s1. The van der Waals surface area contributed by atoms with Gasteiger partial charge in [-0.25, -0.2) is 0 Å². The summed E-state index contributed by atoms with van der Waals surface area (Å²) in [6, 6.07) is 24.3. The maximum absolute atomic E-state index is 13.3. The van der Waals surface area contributed by atoms with Crippen LogP contribution in [0.5, 0.6) is 0 Å². The van der Waals surface area contributed by atoms with Gasteiger partial charge in [-0.15, -0.1) is 10.2 Å². The van der Waals surface area contributed by atoms with Gasteiger partial charge in [-0.2, -0.15) is 0 Å². The molecule has 3 heterocycles. The van der Waals surface area contributed by atoms with E-state index in [2.05, 4.69) is 44.3 Å². The molecule has 1 fully saturated rings. The Kier molecular flexibility index (Phi) is 7.20. The van der Waals surface area contributed by atoms with E-state index in [0.29, 0.717) is 11.0 Å². The number of hydrogen-bond donors (Lipinski definition) is 0. The molecule has 178 valence electrons. The van der Waals surface area contributed by atoms with Gasteiger partial charge in [0.15, 0.2) is 11.0 Å². The molecule has 0 N–H and O–H groups in total. The highest BCUT2D eigenvalue weighted by atomic mass is 32.2. The lowest BCUT2D eigenvalue weighted by molar-refractivity contribution is -0.132. The second-order valence-electron chi connectivity index (χ2n) is 8.57. The summed E-state index contributed by atoms with van der Waals surface area (Å²) in [7, 11) is 0. The van der Waals surface area contributed by atoms with Gasteiger partial charge in [0.1, 0.15) is 0 Å². The van der Waals surface area contributed by atoms with Crippen molar-refractivity contribution < 1.29 is 4.79 Å². The highest BCUT2D eigenvalue weighted by Gasteiger charge is 2.28. The quantitative estimate of drug-likeness (QED) is 0.367. The molecule has 5 rings (SSSR count). The number of carbonyl (C=O) groups excluding carboxylic acids is 1. The Morgan fingerprint density at radius 1 is 0.914 bits per heavy atom. The molecule has 2 aromatic heterocycles. The molecule has 0 radical (unpaired) electrons. The first-order valence-corrected chi connectivity index (χ1v) is 12.7. The van der Waals surface area contributed by atoms with E-state index in [-0.39, 0.29) is 11.2 Å². The zero-order valence-corrected chi connectivity index (χ0v) is 20.5. The number of piperazine rings is 1. The van der Waals surface area contributed by atoms with E-state index in [1.165, 1.54) is 17.3 Å². The minimum Gasteiger partial charge on any atom is -0.339 e. The van der Waals surface area contributed by atoms with Crippen LogP contribution in [0.4, 0.5) is 0 Å². The van der Waals surface area contributed by atoms with Crippen LogP contribution in [0.3, 0.4) is 0 Å². The fourth-order valence-corrected chi connectivity index (χ4v) is 5.22. The number of aromatic nitrogens is 4. The molecule has 0 unspecified atom stereocenters. The van der Waals surface area contributed by atoms with E-state index < -0.39 is 0 Å². The number of nitrogens with zero attached hydrogens (tertiary/aromatic N) is 6. The summed E-state index contributed by atoms with van der Waals surface area (Å²) in [5, 5.41) is 9.34. The molecule has 0 aliphatic carbocycles. The van der Waals surface area contributed by atoms with E-state index >= 15 is 0 Å². The number of pyridine rings is 1. The van der Waals surface area contributed by atoms with Crippen molar-refractivity contribution in [3.05, 3.63) is 90.8 Å². The number of benzene rings is 2. The Morgan fingerprint density at radius 2 is 1.63 bits per heavy atom. The van der Waals surface area contributed by atoms with Crippen molar-refractivity contribution in [2.75, 3.05) is 26.2 Å². The largest absolute Gasteiger partial charge is 0.339 e. The smallest absolute Gasteiger partial charge is 0.235 e. The molecule has 1 saturated heterocycles. The van der Waals surface area contributed by atoms with Crippen LogP contribution in [-0.4, -0.2) is 66.9 Å². The predicted molar refractivity (Wildman–Crippen MR) is 138 cm³/mol. The highest BCUT2D eigenvalue weighted by molar-refractivity contribution is 8.00. The van der Waals surface area contributed by atoms with Crippen LogP contribution in [0.2, 0.25) is 0 Å². The van der Waals surface area contributed by atoms with E-state index in [0.717, 1.165) is 44.0 Å². The number of thioether (sulfide) groups is 1. The summed E-state index contributed by atoms with van der Waals surface area (Å²) in [4.78, 5) is 21.9. The van der Waals surface area contributed by atoms with Gasteiger partial charge in [0.2, 0.25) is 5.91 Å². The fourth-order valence-electron chi connectivity index (χ4n) is 4.27. The molecule has 8 heteroatoms. The van der Waals surface area contributed by atoms with Gasteiger partial charge in [0, 0.05) is 56.4 Å². The molecule has 2 aromatic carbocycles. The molecule has 4 aromatic rings. The zero-order chi connectivity index (χ0) is 24.0. The maximum atomic E-state index is 13.3.